The number of aromatic nitrogens is 1. The minimum Gasteiger partial charge on any atom is -0.480 e. The number of aliphatic carboxylic acids is 1. The Labute approximate surface area is 115 Å². The van der Waals surface area contributed by atoms with Gasteiger partial charge in [-0.05, 0) is 25.3 Å². The highest BCUT2D eigenvalue weighted by Crippen LogP contribution is 2.24. The molecule has 0 aromatic carbocycles. The van der Waals surface area contributed by atoms with Crippen molar-refractivity contribution in [2.24, 2.45) is 0 Å². The van der Waals surface area contributed by atoms with E-state index in [1.807, 2.05) is 36.3 Å². The van der Waals surface area contributed by atoms with Gasteiger partial charge < -0.3 is 9.52 Å². The van der Waals surface area contributed by atoms with Crippen molar-refractivity contribution in [2.75, 3.05) is 6.54 Å². The molecule has 2 rings (SSSR count). The van der Waals surface area contributed by atoms with Crippen LogP contribution in [0.1, 0.15) is 19.5 Å². The number of nitrogens with zero attached hydrogens (tertiary/aromatic N) is 2. The van der Waals surface area contributed by atoms with E-state index in [4.69, 9.17) is 9.52 Å². The third-order valence-corrected chi connectivity index (χ3v) is 3.58. The van der Waals surface area contributed by atoms with Gasteiger partial charge in [0.25, 0.3) is 0 Å². The van der Waals surface area contributed by atoms with Gasteiger partial charge in [-0.15, -0.1) is 11.3 Å². The van der Waals surface area contributed by atoms with E-state index < -0.39 is 5.97 Å². The van der Waals surface area contributed by atoms with Crippen molar-refractivity contribution in [2.45, 2.75) is 26.4 Å². The van der Waals surface area contributed by atoms with Gasteiger partial charge in [-0.1, -0.05) is 6.07 Å². The largest absolute Gasteiger partial charge is 0.480 e. The zero-order chi connectivity index (χ0) is 13.8. The number of carboxylic acid groups (broad SMARTS) is 1. The van der Waals surface area contributed by atoms with Crippen molar-refractivity contribution in [1.82, 2.24) is 9.88 Å². The number of oxazole rings is 1. The summed E-state index contributed by atoms with van der Waals surface area (Å²) in [4.78, 5) is 18.0. The molecule has 0 amide bonds. The summed E-state index contributed by atoms with van der Waals surface area (Å²) in [6, 6.07) is 4.02. The maximum atomic E-state index is 10.8. The van der Waals surface area contributed by atoms with Crippen LogP contribution in [0.2, 0.25) is 0 Å². The standard InChI is InChI=1S/C13H16N2O3S/c1-9(2)15(7-12(16)17)6-10-8-18-13(14-10)11-4-3-5-19-11/h3-5,8-9H,6-7H2,1-2H3,(H,16,17). The summed E-state index contributed by atoms with van der Waals surface area (Å²) in [6.07, 6.45) is 1.59. The maximum absolute atomic E-state index is 10.8. The summed E-state index contributed by atoms with van der Waals surface area (Å²) in [5.41, 5.74) is 0.748. The molecule has 0 fully saturated rings. The Morgan fingerprint density at radius 3 is 2.95 bits per heavy atom. The van der Waals surface area contributed by atoms with E-state index in [1.165, 1.54) is 0 Å². The first kappa shape index (κ1) is 13.8. The highest BCUT2D eigenvalue weighted by molar-refractivity contribution is 7.13. The van der Waals surface area contributed by atoms with Crippen LogP contribution in [0.3, 0.4) is 0 Å². The fraction of sp³-hybridized carbons (Fsp3) is 0.385. The molecule has 6 heteroatoms. The summed E-state index contributed by atoms with van der Waals surface area (Å²) in [5.74, 6) is -0.250. The Kier molecular flexibility index (Phi) is 4.34. The van der Waals surface area contributed by atoms with Gasteiger partial charge in [-0.2, -0.15) is 0 Å². The molecule has 0 bridgehead atoms. The molecule has 0 unspecified atom stereocenters. The number of carboxylic acids is 1. The highest BCUT2D eigenvalue weighted by atomic mass is 32.1. The van der Waals surface area contributed by atoms with Crippen LogP contribution in [0.4, 0.5) is 0 Å². The van der Waals surface area contributed by atoms with Crippen LogP contribution in [0.5, 0.6) is 0 Å². The molecule has 0 aliphatic rings. The molecule has 2 heterocycles. The van der Waals surface area contributed by atoms with Crippen LogP contribution in [0, 0.1) is 0 Å². The molecule has 1 N–H and O–H groups in total. The van der Waals surface area contributed by atoms with Crippen LogP contribution in [-0.4, -0.2) is 33.5 Å². The molecule has 0 aliphatic heterocycles. The second-order valence-corrected chi connectivity index (χ2v) is 5.46. The lowest BCUT2D eigenvalue weighted by atomic mass is 10.3. The predicted octanol–water partition coefficient (Wildman–Crippen LogP) is 2.70. The number of rotatable bonds is 6. The van der Waals surface area contributed by atoms with Crippen molar-refractivity contribution < 1.29 is 14.3 Å². The summed E-state index contributed by atoms with van der Waals surface area (Å²) in [7, 11) is 0. The Morgan fingerprint density at radius 1 is 1.58 bits per heavy atom. The quantitative estimate of drug-likeness (QED) is 0.881. The van der Waals surface area contributed by atoms with Gasteiger partial charge >= 0.3 is 5.97 Å². The molecule has 19 heavy (non-hydrogen) atoms. The molecule has 0 aliphatic carbocycles. The van der Waals surface area contributed by atoms with Gasteiger partial charge in [-0.25, -0.2) is 4.98 Å². The molecular weight excluding hydrogens is 264 g/mol. The van der Waals surface area contributed by atoms with E-state index >= 15 is 0 Å². The fourth-order valence-electron chi connectivity index (χ4n) is 1.70. The summed E-state index contributed by atoms with van der Waals surface area (Å²) in [6.45, 7) is 4.39. The number of carbonyl (C=O) groups is 1. The second kappa shape index (κ2) is 5.99. The second-order valence-electron chi connectivity index (χ2n) is 4.51. The van der Waals surface area contributed by atoms with Crippen LogP contribution in [-0.2, 0) is 11.3 Å². The molecule has 102 valence electrons. The van der Waals surface area contributed by atoms with Crippen molar-refractivity contribution in [1.29, 1.82) is 0 Å². The Hall–Kier alpha value is -1.66. The van der Waals surface area contributed by atoms with Crippen molar-refractivity contribution >= 4 is 17.3 Å². The molecule has 2 aromatic rings. The smallest absolute Gasteiger partial charge is 0.317 e. The lowest BCUT2D eigenvalue weighted by Crippen LogP contribution is -2.35. The van der Waals surface area contributed by atoms with Crippen LogP contribution in [0.25, 0.3) is 10.8 Å². The van der Waals surface area contributed by atoms with Crippen LogP contribution >= 0.6 is 11.3 Å². The van der Waals surface area contributed by atoms with Crippen molar-refractivity contribution in [3.05, 3.63) is 29.5 Å². The lowest BCUT2D eigenvalue weighted by Gasteiger charge is -2.22. The Bertz CT molecular complexity index is 534. The average Bonchev–Trinajstić information content (AvgIpc) is 2.97. The third-order valence-electron chi connectivity index (χ3n) is 2.72. The molecule has 0 spiro atoms. The van der Waals surface area contributed by atoms with Gasteiger partial charge in [0.05, 0.1) is 17.1 Å². The molecule has 0 radical (unpaired) electrons. The highest BCUT2D eigenvalue weighted by Gasteiger charge is 2.16. The summed E-state index contributed by atoms with van der Waals surface area (Å²) >= 11 is 1.56. The van der Waals surface area contributed by atoms with E-state index in [1.54, 1.807) is 17.6 Å². The van der Waals surface area contributed by atoms with E-state index in [2.05, 4.69) is 4.98 Å². The number of hydrogen-bond donors (Lipinski definition) is 1. The first-order valence-corrected chi connectivity index (χ1v) is 6.88. The Morgan fingerprint density at radius 2 is 2.37 bits per heavy atom. The molecule has 0 atom stereocenters. The van der Waals surface area contributed by atoms with E-state index in [-0.39, 0.29) is 12.6 Å². The van der Waals surface area contributed by atoms with Gasteiger partial charge in [0.1, 0.15) is 6.26 Å². The Balaban J connectivity index is 2.08. The lowest BCUT2D eigenvalue weighted by molar-refractivity contribution is -0.139. The van der Waals surface area contributed by atoms with Gasteiger partial charge in [0.15, 0.2) is 0 Å². The van der Waals surface area contributed by atoms with Gasteiger partial charge in [0, 0.05) is 12.6 Å². The van der Waals surface area contributed by atoms with Crippen molar-refractivity contribution in [3.63, 3.8) is 0 Å². The minimum absolute atomic E-state index is 0.00113. The molecule has 0 saturated carbocycles. The van der Waals surface area contributed by atoms with Gasteiger partial charge in [0.2, 0.25) is 5.89 Å². The summed E-state index contributed by atoms with van der Waals surface area (Å²) < 4.78 is 5.42. The van der Waals surface area contributed by atoms with E-state index in [9.17, 15) is 4.79 Å². The predicted molar refractivity (Wildman–Crippen MR) is 73.0 cm³/mol. The third kappa shape index (κ3) is 3.65. The zero-order valence-electron chi connectivity index (χ0n) is 10.9. The normalized spacial score (nSPS) is 11.4. The van der Waals surface area contributed by atoms with Gasteiger partial charge in [-0.3, -0.25) is 9.69 Å². The van der Waals surface area contributed by atoms with Crippen LogP contribution in [0.15, 0.2) is 28.2 Å². The maximum Gasteiger partial charge on any atom is 0.317 e. The minimum atomic E-state index is -0.837. The number of thiophene rings is 1. The van der Waals surface area contributed by atoms with E-state index in [0.717, 1.165) is 10.6 Å². The monoisotopic (exact) mass is 280 g/mol. The van der Waals surface area contributed by atoms with E-state index in [0.29, 0.717) is 12.4 Å². The first-order valence-electron chi connectivity index (χ1n) is 6.00. The summed E-state index contributed by atoms with van der Waals surface area (Å²) in [5, 5.41) is 10.8. The fourth-order valence-corrected chi connectivity index (χ4v) is 2.35. The SMILES string of the molecule is CC(C)N(CC(=O)O)Cc1coc(-c2cccs2)n1. The van der Waals surface area contributed by atoms with Crippen molar-refractivity contribution in [3.8, 4) is 10.8 Å². The zero-order valence-corrected chi connectivity index (χ0v) is 11.7. The number of hydrogen-bond acceptors (Lipinski definition) is 5. The topological polar surface area (TPSA) is 66.6 Å². The van der Waals surface area contributed by atoms with Crippen LogP contribution < -0.4 is 0 Å². The average molecular weight is 280 g/mol. The molecule has 0 saturated heterocycles. The molecule has 5 nitrogen and oxygen atoms in total. The molecule has 2 aromatic heterocycles. The first-order chi connectivity index (χ1) is 9.06. The molecular formula is C13H16N2O3S.